The highest BCUT2D eigenvalue weighted by Gasteiger charge is 2.34. The SMILES string of the molecule is COc1cc2c(cc1OC)C(C)(C)CN(C(=O)CCc1cccs1)C2. The van der Waals surface area contributed by atoms with Crippen molar-refractivity contribution in [1.82, 2.24) is 4.90 Å². The average molecular weight is 359 g/mol. The van der Waals surface area contributed by atoms with Crippen LogP contribution in [0.5, 0.6) is 11.5 Å². The topological polar surface area (TPSA) is 38.8 Å². The molecule has 25 heavy (non-hydrogen) atoms. The molecule has 0 aliphatic carbocycles. The molecule has 1 aromatic carbocycles. The summed E-state index contributed by atoms with van der Waals surface area (Å²) >= 11 is 1.71. The van der Waals surface area contributed by atoms with E-state index in [0.717, 1.165) is 24.3 Å². The van der Waals surface area contributed by atoms with Crippen LogP contribution >= 0.6 is 11.3 Å². The molecule has 4 nitrogen and oxygen atoms in total. The number of rotatable bonds is 5. The molecular formula is C20H25NO3S. The maximum atomic E-state index is 12.7. The first-order chi connectivity index (χ1) is 11.9. The van der Waals surface area contributed by atoms with E-state index >= 15 is 0 Å². The number of carbonyl (C=O) groups is 1. The van der Waals surface area contributed by atoms with Crippen LogP contribution in [-0.2, 0) is 23.2 Å². The Balaban J connectivity index is 1.81. The van der Waals surface area contributed by atoms with Gasteiger partial charge in [-0.3, -0.25) is 4.79 Å². The van der Waals surface area contributed by atoms with Crippen molar-refractivity contribution in [2.24, 2.45) is 0 Å². The van der Waals surface area contributed by atoms with Crippen LogP contribution in [0.1, 0.15) is 36.3 Å². The summed E-state index contributed by atoms with van der Waals surface area (Å²) in [4.78, 5) is 16.0. The summed E-state index contributed by atoms with van der Waals surface area (Å²) in [5, 5.41) is 2.06. The lowest BCUT2D eigenvalue weighted by Crippen LogP contribution is -2.45. The van der Waals surface area contributed by atoms with Crippen molar-refractivity contribution in [2.75, 3.05) is 20.8 Å². The Bertz CT molecular complexity index is 753. The van der Waals surface area contributed by atoms with Crippen molar-refractivity contribution >= 4 is 17.2 Å². The van der Waals surface area contributed by atoms with Crippen LogP contribution in [0.3, 0.4) is 0 Å². The maximum absolute atomic E-state index is 12.7. The molecule has 2 aromatic rings. The van der Waals surface area contributed by atoms with E-state index in [0.29, 0.717) is 18.7 Å². The second kappa shape index (κ2) is 7.08. The number of hydrogen-bond donors (Lipinski definition) is 0. The summed E-state index contributed by atoms with van der Waals surface area (Å²) in [6, 6.07) is 8.19. The molecule has 1 aliphatic heterocycles. The van der Waals surface area contributed by atoms with E-state index < -0.39 is 0 Å². The average Bonchev–Trinajstić information content (AvgIpc) is 3.11. The Hall–Kier alpha value is -2.01. The van der Waals surface area contributed by atoms with Gasteiger partial charge in [-0.1, -0.05) is 19.9 Å². The molecule has 0 radical (unpaired) electrons. The van der Waals surface area contributed by atoms with Gasteiger partial charge in [-0.15, -0.1) is 11.3 Å². The van der Waals surface area contributed by atoms with Gasteiger partial charge in [-0.05, 0) is 41.1 Å². The van der Waals surface area contributed by atoms with E-state index in [1.165, 1.54) is 10.4 Å². The van der Waals surface area contributed by atoms with Crippen LogP contribution < -0.4 is 9.47 Å². The molecule has 0 fully saturated rings. The molecule has 1 amide bonds. The third-order valence-corrected chi connectivity index (χ3v) is 5.74. The minimum atomic E-state index is -0.119. The monoisotopic (exact) mass is 359 g/mol. The molecule has 0 atom stereocenters. The van der Waals surface area contributed by atoms with Crippen LogP contribution in [-0.4, -0.2) is 31.6 Å². The molecule has 3 rings (SSSR count). The molecule has 0 bridgehead atoms. The summed E-state index contributed by atoms with van der Waals surface area (Å²) in [6.07, 6.45) is 1.37. The van der Waals surface area contributed by atoms with E-state index in [1.807, 2.05) is 17.0 Å². The van der Waals surface area contributed by atoms with Gasteiger partial charge in [0.15, 0.2) is 11.5 Å². The first kappa shape index (κ1) is 17.8. The molecule has 0 saturated heterocycles. The van der Waals surface area contributed by atoms with Crippen molar-refractivity contribution in [3.63, 3.8) is 0 Å². The number of ether oxygens (including phenoxy) is 2. The minimum Gasteiger partial charge on any atom is -0.493 e. The van der Waals surface area contributed by atoms with E-state index in [1.54, 1.807) is 25.6 Å². The van der Waals surface area contributed by atoms with Gasteiger partial charge in [0.05, 0.1) is 14.2 Å². The quantitative estimate of drug-likeness (QED) is 0.809. The molecular weight excluding hydrogens is 334 g/mol. The van der Waals surface area contributed by atoms with Gasteiger partial charge in [0.1, 0.15) is 0 Å². The van der Waals surface area contributed by atoms with Gasteiger partial charge in [-0.25, -0.2) is 0 Å². The number of aryl methyl sites for hydroxylation is 1. The number of amides is 1. The van der Waals surface area contributed by atoms with Gasteiger partial charge >= 0.3 is 0 Å². The zero-order chi connectivity index (χ0) is 18.0. The lowest BCUT2D eigenvalue weighted by molar-refractivity contribution is -0.133. The second-order valence-electron chi connectivity index (χ2n) is 7.08. The number of benzene rings is 1. The normalized spacial score (nSPS) is 15.6. The fraction of sp³-hybridized carbons (Fsp3) is 0.450. The summed E-state index contributed by atoms with van der Waals surface area (Å²) < 4.78 is 10.9. The van der Waals surface area contributed by atoms with Gasteiger partial charge in [0, 0.05) is 29.8 Å². The van der Waals surface area contributed by atoms with E-state index in [-0.39, 0.29) is 11.3 Å². The molecule has 0 spiro atoms. The van der Waals surface area contributed by atoms with Crippen LogP contribution in [0.2, 0.25) is 0 Å². The van der Waals surface area contributed by atoms with Gasteiger partial charge in [0.25, 0.3) is 0 Å². The van der Waals surface area contributed by atoms with Gasteiger partial charge in [-0.2, -0.15) is 0 Å². The zero-order valence-electron chi connectivity index (χ0n) is 15.3. The fourth-order valence-electron chi connectivity index (χ4n) is 3.53. The van der Waals surface area contributed by atoms with Crippen molar-refractivity contribution in [3.05, 3.63) is 45.6 Å². The molecule has 0 N–H and O–H groups in total. The van der Waals surface area contributed by atoms with E-state index in [4.69, 9.17) is 9.47 Å². The van der Waals surface area contributed by atoms with Gasteiger partial charge < -0.3 is 14.4 Å². The highest BCUT2D eigenvalue weighted by Crippen LogP contribution is 2.40. The number of nitrogens with zero attached hydrogens (tertiary/aromatic N) is 1. The summed E-state index contributed by atoms with van der Waals surface area (Å²) in [5.41, 5.74) is 2.25. The first-order valence-corrected chi connectivity index (χ1v) is 9.38. The standard InChI is InChI=1S/C20H25NO3S/c1-20(2)13-21(19(22)8-7-15-6-5-9-25-15)12-14-10-17(23-3)18(24-4)11-16(14)20/h5-6,9-11H,7-8,12-13H2,1-4H3. The van der Waals surface area contributed by atoms with Crippen molar-refractivity contribution in [1.29, 1.82) is 0 Å². The highest BCUT2D eigenvalue weighted by atomic mass is 32.1. The van der Waals surface area contributed by atoms with Crippen LogP contribution in [0.4, 0.5) is 0 Å². The molecule has 1 aromatic heterocycles. The number of fused-ring (bicyclic) bond motifs is 1. The molecule has 134 valence electrons. The zero-order valence-corrected chi connectivity index (χ0v) is 16.1. The second-order valence-corrected chi connectivity index (χ2v) is 8.11. The smallest absolute Gasteiger partial charge is 0.223 e. The van der Waals surface area contributed by atoms with Crippen molar-refractivity contribution in [2.45, 2.75) is 38.6 Å². The molecule has 2 heterocycles. The summed E-state index contributed by atoms with van der Waals surface area (Å²) in [7, 11) is 3.29. The van der Waals surface area contributed by atoms with E-state index in [9.17, 15) is 4.79 Å². The number of methoxy groups -OCH3 is 2. The predicted octanol–water partition coefficient (Wildman–Crippen LogP) is 4.02. The van der Waals surface area contributed by atoms with E-state index in [2.05, 4.69) is 31.4 Å². The molecule has 0 unspecified atom stereocenters. The Morgan fingerprint density at radius 2 is 1.96 bits per heavy atom. The largest absolute Gasteiger partial charge is 0.493 e. The summed E-state index contributed by atoms with van der Waals surface area (Å²) in [6.45, 7) is 5.70. The third kappa shape index (κ3) is 3.66. The van der Waals surface area contributed by atoms with Crippen molar-refractivity contribution in [3.8, 4) is 11.5 Å². The van der Waals surface area contributed by atoms with Crippen molar-refractivity contribution < 1.29 is 14.3 Å². The van der Waals surface area contributed by atoms with Crippen LogP contribution in [0.25, 0.3) is 0 Å². The Labute approximate surface area is 153 Å². The Kier molecular flexibility index (Phi) is 5.04. The fourth-order valence-corrected chi connectivity index (χ4v) is 4.23. The lowest BCUT2D eigenvalue weighted by Gasteiger charge is -2.40. The van der Waals surface area contributed by atoms with Crippen LogP contribution in [0.15, 0.2) is 29.6 Å². The molecule has 0 saturated carbocycles. The first-order valence-electron chi connectivity index (χ1n) is 8.50. The molecule has 5 heteroatoms. The Morgan fingerprint density at radius 1 is 1.24 bits per heavy atom. The highest BCUT2D eigenvalue weighted by molar-refractivity contribution is 7.09. The summed E-state index contributed by atoms with van der Waals surface area (Å²) in [5.74, 6) is 1.67. The number of thiophene rings is 1. The lowest BCUT2D eigenvalue weighted by atomic mass is 9.78. The third-order valence-electron chi connectivity index (χ3n) is 4.80. The minimum absolute atomic E-state index is 0.119. The maximum Gasteiger partial charge on any atom is 0.223 e. The number of hydrogen-bond acceptors (Lipinski definition) is 4. The van der Waals surface area contributed by atoms with Gasteiger partial charge in [0.2, 0.25) is 5.91 Å². The van der Waals surface area contributed by atoms with Crippen LogP contribution in [0, 0.1) is 0 Å². The number of carbonyl (C=O) groups excluding carboxylic acids is 1. The predicted molar refractivity (Wildman–Crippen MR) is 101 cm³/mol. The Morgan fingerprint density at radius 3 is 2.60 bits per heavy atom. The molecule has 1 aliphatic rings.